The minimum atomic E-state index is 0.499. The van der Waals surface area contributed by atoms with Crippen LogP contribution in [0.2, 0.25) is 0 Å². The molecule has 1 aromatic rings. The molecule has 1 aromatic carbocycles. The smallest absolute Gasteiger partial charge is 0.0486 e. The predicted molar refractivity (Wildman–Crippen MR) is 31.6 cm³/mol. The van der Waals surface area contributed by atoms with Gasteiger partial charge in [-0.2, -0.15) is 0 Å². The van der Waals surface area contributed by atoms with Crippen LogP contribution in [0.1, 0.15) is 0 Å². The molecule has 0 spiro atoms. The molecule has 0 atom stereocenters. The van der Waals surface area contributed by atoms with Crippen molar-refractivity contribution in [2.24, 2.45) is 0 Å². The zero-order valence-electron chi connectivity index (χ0n) is 4.13. The van der Waals surface area contributed by atoms with Crippen molar-refractivity contribution in [2.75, 3.05) is 0 Å². The molecular weight excluding hydrogens is 120 g/mol. The summed E-state index contributed by atoms with van der Waals surface area (Å²) in [5.74, 6) is 0. The largest absolute Gasteiger partial charge is 0.505 e. The molecule has 1 rings (SSSR count). The normalized spacial score (nSPS) is 8.50. The second-order valence-electron chi connectivity index (χ2n) is 1.32. The zero-order chi connectivity index (χ0) is 5.82. The van der Waals surface area contributed by atoms with Crippen LogP contribution in [-0.2, 0) is 15.9 Å². The molecule has 8 heavy (non-hydrogen) atoms. The molecule has 0 N–H and O–H groups in total. The van der Waals surface area contributed by atoms with E-state index in [1.165, 1.54) is 0 Å². The third-order valence-electron chi connectivity index (χ3n) is 0.784. The molecule has 0 bridgehead atoms. The summed E-state index contributed by atoms with van der Waals surface area (Å²) in [4.78, 5) is 0.740. The van der Waals surface area contributed by atoms with Crippen molar-refractivity contribution in [3.63, 3.8) is 0 Å². The van der Waals surface area contributed by atoms with Gasteiger partial charge >= 0.3 is 11.7 Å². The summed E-state index contributed by atoms with van der Waals surface area (Å²) < 4.78 is 10.0. The molecule has 0 saturated heterocycles. The molecule has 0 unspecified atom stereocenters. The van der Waals surface area contributed by atoms with E-state index in [1.54, 1.807) is 24.3 Å². The average molecular weight is 124 g/mol. The Labute approximate surface area is 51.8 Å². The minimum absolute atomic E-state index is 0.499. The van der Waals surface area contributed by atoms with Gasteiger partial charge in [0.1, 0.15) is 0 Å². The lowest BCUT2D eigenvalue weighted by Crippen LogP contribution is -1.67. The van der Waals surface area contributed by atoms with E-state index in [2.05, 4.69) is 6.07 Å². The van der Waals surface area contributed by atoms with Crippen molar-refractivity contribution in [3.05, 3.63) is 30.3 Å². The second kappa shape index (κ2) is 2.52. The van der Waals surface area contributed by atoms with Crippen molar-refractivity contribution in [1.29, 1.82) is 0 Å². The van der Waals surface area contributed by atoms with E-state index in [0.717, 1.165) is 4.90 Å². The van der Waals surface area contributed by atoms with Crippen molar-refractivity contribution in [2.45, 2.75) is 4.90 Å². The van der Waals surface area contributed by atoms with Gasteiger partial charge in [-0.05, 0) is 18.2 Å². The summed E-state index contributed by atoms with van der Waals surface area (Å²) in [6.07, 6.45) is 0. The highest BCUT2D eigenvalue weighted by Crippen LogP contribution is 1.94. The highest BCUT2D eigenvalue weighted by Gasteiger charge is 1.99. The van der Waals surface area contributed by atoms with Crippen LogP contribution in [0.4, 0.5) is 0 Å². The topological polar surface area (TPSA) is 17.1 Å². The van der Waals surface area contributed by atoms with Crippen molar-refractivity contribution in [1.82, 2.24) is 0 Å². The summed E-state index contributed by atoms with van der Waals surface area (Å²) in [5.41, 5.74) is 0. The Bertz CT molecular complexity index is 171. The standard InChI is InChI=1S/C6H4OS/c7-8-6-4-2-1-3-5-6/h2-5H/q+1. The monoisotopic (exact) mass is 124 g/mol. The summed E-state index contributed by atoms with van der Waals surface area (Å²) in [6, 6.07) is 9.73. The first-order valence-corrected chi connectivity index (χ1v) is 2.93. The van der Waals surface area contributed by atoms with Gasteiger partial charge < -0.3 is 0 Å². The van der Waals surface area contributed by atoms with Gasteiger partial charge in [-0.15, -0.1) is 0 Å². The molecule has 39 valence electrons. The first kappa shape index (κ1) is 5.38. The number of hydrogen-bond donors (Lipinski definition) is 0. The van der Waals surface area contributed by atoms with Gasteiger partial charge in [-0.1, -0.05) is 0 Å². The van der Waals surface area contributed by atoms with Gasteiger partial charge in [0.25, 0.3) is 4.90 Å². The first-order valence-electron chi connectivity index (χ1n) is 2.19. The Balaban J connectivity index is 2.99. The average Bonchev–Trinajstić information content (AvgIpc) is 1.90. The second-order valence-corrected chi connectivity index (χ2v) is 1.96. The lowest BCUT2D eigenvalue weighted by Gasteiger charge is -1.69. The van der Waals surface area contributed by atoms with Crippen LogP contribution in [0.15, 0.2) is 29.2 Å². The van der Waals surface area contributed by atoms with Gasteiger partial charge in [0.05, 0.1) is 0 Å². The quantitative estimate of drug-likeness (QED) is 0.515. The summed E-state index contributed by atoms with van der Waals surface area (Å²) in [7, 11) is 0. The van der Waals surface area contributed by atoms with E-state index in [9.17, 15) is 4.21 Å². The fourth-order valence-corrected chi connectivity index (χ4v) is 0.674. The molecular formula is C6H4OS+. The fourth-order valence-electron chi connectivity index (χ4n) is 0.427. The van der Waals surface area contributed by atoms with Gasteiger partial charge in [0, 0.05) is 16.3 Å². The highest BCUT2D eigenvalue weighted by molar-refractivity contribution is 7.65. The van der Waals surface area contributed by atoms with Crippen LogP contribution in [0.5, 0.6) is 0 Å². The Morgan fingerprint density at radius 2 is 2.00 bits per heavy atom. The van der Waals surface area contributed by atoms with Gasteiger partial charge in [0.2, 0.25) is 0 Å². The van der Waals surface area contributed by atoms with E-state index >= 15 is 0 Å². The fraction of sp³-hybridized carbons (Fsp3) is 0. The summed E-state index contributed by atoms with van der Waals surface area (Å²) in [6.45, 7) is 0. The molecule has 0 aliphatic rings. The summed E-state index contributed by atoms with van der Waals surface area (Å²) in [5, 5.41) is 0. The lowest BCUT2D eigenvalue weighted by molar-refractivity contribution is 0.605. The van der Waals surface area contributed by atoms with E-state index in [1.807, 2.05) is 0 Å². The molecule has 0 saturated carbocycles. The van der Waals surface area contributed by atoms with Crippen LogP contribution in [-0.4, -0.2) is 0 Å². The zero-order valence-corrected chi connectivity index (χ0v) is 4.94. The Hall–Kier alpha value is -0.760. The third-order valence-corrected chi connectivity index (χ3v) is 1.25. The van der Waals surface area contributed by atoms with Crippen LogP contribution < -0.4 is 0 Å². The molecule has 0 aliphatic carbocycles. The minimum Gasteiger partial charge on any atom is -0.0486 e. The highest BCUT2D eigenvalue weighted by atomic mass is 32.1. The molecule has 2 heteroatoms. The lowest BCUT2D eigenvalue weighted by atomic mass is 10.4. The maximum atomic E-state index is 10.0. The van der Waals surface area contributed by atoms with Gasteiger partial charge in [0.15, 0.2) is 0 Å². The molecule has 0 fully saturated rings. The molecule has 1 radical (unpaired) electrons. The van der Waals surface area contributed by atoms with E-state index in [4.69, 9.17) is 0 Å². The maximum Gasteiger partial charge on any atom is 0.505 e. The van der Waals surface area contributed by atoms with Crippen LogP contribution in [0.3, 0.4) is 0 Å². The number of benzene rings is 1. The number of hydrogen-bond acceptors (Lipinski definition) is 1. The van der Waals surface area contributed by atoms with Gasteiger partial charge in [-0.25, -0.2) is 0 Å². The van der Waals surface area contributed by atoms with E-state index in [0.29, 0.717) is 11.7 Å². The molecule has 1 nitrogen and oxygen atoms in total. The maximum absolute atomic E-state index is 10.0. The summed E-state index contributed by atoms with van der Waals surface area (Å²) >= 11 is 0.499. The predicted octanol–water partition coefficient (Wildman–Crippen LogP) is 1.27. The molecule has 0 aromatic heterocycles. The molecule has 0 amide bonds. The van der Waals surface area contributed by atoms with Gasteiger partial charge in [-0.3, -0.25) is 0 Å². The SMILES string of the molecule is O=[S+]c1cc[c]cc1. The Kier molecular flexibility index (Phi) is 1.70. The van der Waals surface area contributed by atoms with Crippen molar-refractivity contribution >= 4 is 11.7 Å². The Morgan fingerprint density at radius 1 is 1.38 bits per heavy atom. The van der Waals surface area contributed by atoms with Crippen LogP contribution in [0, 0.1) is 6.07 Å². The van der Waals surface area contributed by atoms with E-state index < -0.39 is 0 Å². The number of rotatable bonds is 1. The third kappa shape index (κ3) is 1.10. The van der Waals surface area contributed by atoms with Crippen LogP contribution in [0.25, 0.3) is 0 Å². The van der Waals surface area contributed by atoms with Crippen molar-refractivity contribution in [3.8, 4) is 0 Å². The van der Waals surface area contributed by atoms with Crippen molar-refractivity contribution < 1.29 is 4.21 Å². The Morgan fingerprint density at radius 3 is 2.38 bits per heavy atom. The molecule has 0 heterocycles. The molecule has 0 aliphatic heterocycles. The van der Waals surface area contributed by atoms with Crippen LogP contribution >= 0.6 is 0 Å². The van der Waals surface area contributed by atoms with E-state index in [-0.39, 0.29) is 0 Å². The first-order chi connectivity index (χ1) is 3.93.